The number of aliphatic carboxylic acids is 1. The monoisotopic (exact) mass is 273 g/mol. The molecule has 2 rings (SSSR count). The lowest BCUT2D eigenvalue weighted by Crippen LogP contribution is -2.35. The van der Waals surface area contributed by atoms with Crippen molar-refractivity contribution in [2.75, 3.05) is 11.4 Å². The fourth-order valence-corrected chi connectivity index (χ4v) is 1.89. The van der Waals surface area contributed by atoms with Crippen LogP contribution in [0.25, 0.3) is 0 Å². The van der Waals surface area contributed by atoms with E-state index in [1.165, 1.54) is 11.2 Å². The summed E-state index contributed by atoms with van der Waals surface area (Å²) in [5.74, 6) is -0.986. The number of carboxylic acid groups (broad SMARTS) is 1. The molecule has 0 spiro atoms. The number of carboxylic acids is 1. The number of rotatable bonds is 4. The molecule has 1 aromatic carbocycles. The lowest BCUT2D eigenvalue weighted by Gasteiger charge is -2.20. The maximum atomic E-state index is 12.5. The number of nitrogens with zero attached hydrogens (tertiary/aromatic N) is 1. The Hall–Kier alpha value is -2.56. The molecular weight excluding hydrogens is 258 g/mol. The summed E-state index contributed by atoms with van der Waals surface area (Å²) in [5.41, 5.74) is 1.95. The predicted octanol–water partition coefficient (Wildman–Crippen LogP) is 2.63. The Balaban J connectivity index is 2.37. The number of aryl methyl sites for hydroxylation is 2. The highest BCUT2D eigenvalue weighted by Gasteiger charge is 2.22. The molecule has 0 atom stereocenters. The van der Waals surface area contributed by atoms with Gasteiger partial charge in [-0.2, -0.15) is 0 Å². The van der Waals surface area contributed by atoms with Gasteiger partial charge in [-0.3, -0.25) is 14.5 Å². The zero-order valence-electron chi connectivity index (χ0n) is 11.3. The number of carbonyl (C=O) groups excluding carboxylic acids is 1. The van der Waals surface area contributed by atoms with Crippen molar-refractivity contribution in [1.82, 2.24) is 0 Å². The average molecular weight is 273 g/mol. The Morgan fingerprint density at radius 1 is 1.15 bits per heavy atom. The molecular formula is C15H15NO4. The second kappa shape index (κ2) is 5.61. The first kappa shape index (κ1) is 13.9. The zero-order valence-corrected chi connectivity index (χ0v) is 11.3. The third-order valence-electron chi connectivity index (χ3n) is 2.97. The van der Waals surface area contributed by atoms with Crippen LogP contribution >= 0.6 is 0 Å². The fraction of sp³-hybridized carbons (Fsp3) is 0.200. The first-order valence-electron chi connectivity index (χ1n) is 6.13. The van der Waals surface area contributed by atoms with Gasteiger partial charge in [0.2, 0.25) is 0 Å². The van der Waals surface area contributed by atoms with Gasteiger partial charge < -0.3 is 9.52 Å². The smallest absolute Gasteiger partial charge is 0.323 e. The lowest BCUT2D eigenvalue weighted by molar-refractivity contribution is -0.135. The molecule has 2 aromatic rings. The quantitative estimate of drug-likeness (QED) is 0.929. The van der Waals surface area contributed by atoms with Crippen LogP contribution in [-0.4, -0.2) is 23.5 Å². The summed E-state index contributed by atoms with van der Waals surface area (Å²) in [6.07, 6.45) is 1.41. The van der Waals surface area contributed by atoms with Crippen LogP contribution in [0.4, 0.5) is 5.69 Å². The van der Waals surface area contributed by atoms with Gasteiger partial charge in [0.05, 0.1) is 11.8 Å². The molecule has 0 saturated carbocycles. The van der Waals surface area contributed by atoms with Gasteiger partial charge in [-0.25, -0.2) is 0 Å². The number of anilines is 1. The summed E-state index contributed by atoms with van der Waals surface area (Å²) in [6.45, 7) is 3.20. The van der Waals surface area contributed by atoms with Gasteiger partial charge in [-0.1, -0.05) is 17.7 Å². The van der Waals surface area contributed by atoms with Gasteiger partial charge in [-0.15, -0.1) is 0 Å². The van der Waals surface area contributed by atoms with Crippen LogP contribution in [0.15, 0.2) is 41.0 Å². The van der Waals surface area contributed by atoms with E-state index in [4.69, 9.17) is 9.52 Å². The van der Waals surface area contributed by atoms with E-state index in [1.54, 1.807) is 25.1 Å². The second-order valence-electron chi connectivity index (χ2n) is 4.51. The Bertz CT molecular complexity index is 628. The highest BCUT2D eigenvalue weighted by molar-refractivity contribution is 6.08. The molecule has 5 nitrogen and oxygen atoms in total. The molecule has 5 heteroatoms. The van der Waals surface area contributed by atoms with Crippen LogP contribution in [-0.2, 0) is 4.79 Å². The molecule has 0 unspecified atom stereocenters. The topological polar surface area (TPSA) is 70.8 Å². The van der Waals surface area contributed by atoms with Crippen molar-refractivity contribution in [3.63, 3.8) is 0 Å². The molecule has 0 saturated heterocycles. The highest BCUT2D eigenvalue weighted by atomic mass is 16.4. The SMILES string of the molecule is Cc1ccc(N(CC(=O)O)C(=O)c2ccoc2C)cc1. The number of amides is 1. The van der Waals surface area contributed by atoms with Crippen molar-refractivity contribution in [3.05, 3.63) is 53.5 Å². The Morgan fingerprint density at radius 3 is 2.30 bits per heavy atom. The van der Waals surface area contributed by atoms with Gasteiger partial charge in [-0.05, 0) is 32.0 Å². The third kappa shape index (κ3) is 2.88. The maximum Gasteiger partial charge on any atom is 0.323 e. The molecule has 0 radical (unpaired) electrons. The van der Waals surface area contributed by atoms with Crippen LogP contribution in [0.1, 0.15) is 21.7 Å². The number of furan rings is 1. The van der Waals surface area contributed by atoms with Crippen molar-refractivity contribution in [2.45, 2.75) is 13.8 Å². The van der Waals surface area contributed by atoms with E-state index in [0.717, 1.165) is 5.56 Å². The van der Waals surface area contributed by atoms with Gasteiger partial charge >= 0.3 is 5.97 Å². The van der Waals surface area contributed by atoms with Crippen LogP contribution in [0.3, 0.4) is 0 Å². The van der Waals surface area contributed by atoms with Gasteiger partial charge in [0.1, 0.15) is 12.3 Å². The van der Waals surface area contributed by atoms with Crippen molar-refractivity contribution in [3.8, 4) is 0 Å². The van der Waals surface area contributed by atoms with E-state index >= 15 is 0 Å². The van der Waals surface area contributed by atoms with Crippen LogP contribution in [0, 0.1) is 13.8 Å². The third-order valence-corrected chi connectivity index (χ3v) is 2.97. The van der Waals surface area contributed by atoms with Gasteiger partial charge in [0.25, 0.3) is 5.91 Å². The minimum Gasteiger partial charge on any atom is -0.480 e. The fourth-order valence-electron chi connectivity index (χ4n) is 1.89. The summed E-state index contributed by atoms with van der Waals surface area (Å²) < 4.78 is 5.10. The Kier molecular flexibility index (Phi) is 3.89. The largest absolute Gasteiger partial charge is 0.480 e. The molecule has 0 aliphatic heterocycles. The van der Waals surface area contributed by atoms with Gasteiger partial charge in [0.15, 0.2) is 0 Å². The van der Waals surface area contributed by atoms with Crippen molar-refractivity contribution < 1.29 is 19.1 Å². The molecule has 0 bridgehead atoms. The molecule has 20 heavy (non-hydrogen) atoms. The summed E-state index contributed by atoms with van der Waals surface area (Å²) in [4.78, 5) is 24.7. The number of hydrogen-bond acceptors (Lipinski definition) is 3. The lowest BCUT2D eigenvalue weighted by atomic mass is 10.1. The van der Waals surface area contributed by atoms with Crippen LogP contribution in [0.2, 0.25) is 0 Å². The molecule has 1 amide bonds. The predicted molar refractivity (Wildman–Crippen MR) is 73.9 cm³/mol. The highest BCUT2D eigenvalue weighted by Crippen LogP contribution is 2.20. The summed E-state index contributed by atoms with van der Waals surface area (Å²) >= 11 is 0. The van der Waals surface area contributed by atoms with E-state index in [1.807, 2.05) is 19.1 Å². The van der Waals surface area contributed by atoms with E-state index in [9.17, 15) is 9.59 Å². The Labute approximate surface area is 116 Å². The van der Waals surface area contributed by atoms with E-state index in [-0.39, 0.29) is 5.91 Å². The first-order chi connectivity index (χ1) is 9.49. The number of carbonyl (C=O) groups is 2. The average Bonchev–Trinajstić information content (AvgIpc) is 2.82. The molecule has 1 N–H and O–H groups in total. The molecule has 0 aliphatic rings. The zero-order chi connectivity index (χ0) is 14.7. The molecule has 1 aromatic heterocycles. The number of benzene rings is 1. The summed E-state index contributed by atoms with van der Waals surface area (Å²) in [6, 6.07) is 8.66. The minimum atomic E-state index is -1.07. The van der Waals surface area contributed by atoms with E-state index < -0.39 is 12.5 Å². The minimum absolute atomic E-state index is 0.367. The van der Waals surface area contributed by atoms with Gasteiger partial charge in [0, 0.05) is 5.69 Å². The summed E-state index contributed by atoms with van der Waals surface area (Å²) in [5, 5.41) is 9.00. The van der Waals surface area contributed by atoms with Crippen molar-refractivity contribution in [2.24, 2.45) is 0 Å². The number of hydrogen-bond donors (Lipinski definition) is 1. The molecule has 1 heterocycles. The first-order valence-corrected chi connectivity index (χ1v) is 6.13. The normalized spacial score (nSPS) is 10.3. The maximum absolute atomic E-state index is 12.5. The molecule has 104 valence electrons. The summed E-state index contributed by atoms with van der Waals surface area (Å²) in [7, 11) is 0. The van der Waals surface area contributed by atoms with E-state index in [2.05, 4.69) is 0 Å². The second-order valence-corrected chi connectivity index (χ2v) is 4.51. The molecule has 0 aliphatic carbocycles. The Morgan fingerprint density at radius 2 is 1.80 bits per heavy atom. The van der Waals surface area contributed by atoms with Crippen molar-refractivity contribution in [1.29, 1.82) is 0 Å². The van der Waals surface area contributed by atoms with E-state index in [0.29, 0.717) is 17.0 Å². The standard InChI is InChI=1S/C15H15NO4/c1-10-3-5-12(6-4-10)16(9-14(17)18)15(19)13-7-8-20-11(13)2/h3-8H,9H2,1-2H3,(H,17,18). The molecule has 0 fully saturated rings. The van der Waals surface area contributed by atoms with Crippen LogP contribution < -0.4 is 4.90 Å². The van der Waals surface area contributed by atoms with Crippen LogP contribution in [0.5, 0.6) is 0 Å². The van der Waals surface area contributed by atoms with Crippen molar-refractivity contribution >= 4 is 17.6 Å².